The molecular weight excluding hydrogens is 1240 g/mol. The number of ether oxygens (including phenoxy) is 1. The molecule has 0 aliphatic heterocycles. The molecule has 3 aromatic heterocycles. The number of nitrogens with zero attached hydrogens (tertiary/aromatic N) is 7. The first-order chi connectivity index (χ1) is 38.6. The van der Waals surface area contributed by atoms with Crippen LogP contribution in [0.2, 0.25) is 5.02 Å². The molecule has 37 heteroatoms. The fourth-order valence-corrected chi connectivity index (χ4v) is 10.4. The van der Waals surface area contributed by atoms with Crippen LogP contribution in [-0.2, 0) is 74.9 Å². The van der Waals surface area contributed by atoms with Gasteiger partial charge in [-0.15, -0.1) is 0 Å². The SMILES string of the molecule is CC(C)(C#Cc1ccc(-c2ccc(Cl)c3c(N(C(=O)N(CCNC(=O)OCOP(=O)(O)O)CCC(=O)O)S(C)(=O)=O)nn(CC(F)(F)F)c23)c(C(Cc2cc(F)cc(F)c2)NC(=O)Cn2nc(C(F)(F)F)c3c2C(F)(F)[C@@H]2C[C@H]32)n1)S(C)(=O)=O. The molecule has 3 heterocycles. The normalized spacial score (nSPS) is 16.2. The molecule has 2 aliphatic rings. The van der Waals surface area contributed by atoms with Crippen molar-refractivity contribution < 1.29 is 109 Å². The lowest BCUT2D eigenvalue weighted by molar-refractivity contribution is -0.143. The second kappa shape index (κ2) is 23.4. The van der Waals surface area contributed by atoms with E-state index in [0.717, 1.165) is 42.7 Å². The summed E-state index contributed by atoms with van der Waals surface area (Å²) in [6.45, 7) is -4.89. The van der Waals surface area contributed by atoms with Crippen LogP contribution in [0, 0.1) is 29.4 Å². The molecule has 2 aliphatic carbocycles. The van der Waals surface area contributed by atoms with E-state index in [-0.39, 0.29) is 25.7 Å². The summed E-state index contributed by atoms with van der Waals surface area (Å²) in [4.78, 5) is 75.4. The van der Waals surface area contributed by atoms with Gasteiger partial charge in [0, 0.05) is 54.6 Å². The number of carbonyl (C=O) groups is 4. The van der Waals surface area contributed by atoms with E-state index in [0.29, 0.717) is 17.2 Å². The number of carboxylic acid groups (broad SMARTS) is 1. The summed E-state index contributed by atoms with van der Waals surface area (Å²) in [6, 6.07) is 2.37. The highest BCUT2D eigenvalue weighted by Gasteiger charge is 2.68. The number of nitrogens with one attached hydrogen (secondary N) is 2. The van der Waals surface area contributed by atoms with Crippen molar-refractivity contribution >= 4 is 80.0 Å². The number of phosphoric ester groups is 1. The van der Waals surface area contributed by atoms with Gasteiger partial charge in [0.2, 0.25) is 22.7 Å². The quantitative estimate of drug-likeness (QED) is 0.0233. The lowest BCUT2D eigenvalue weighted by Crippen LogP contribution is -2.49. The Morgan fingerprint density at radius 1 is 0.952 bits per heavy atom. The first-order valence-electron chi connectivity index (χ1n) is 24.0. The molecule has 4 amide bonds. The molecule has 5 N–H and O–H groups in total. The third-order valence-electron chi connectivity index (χ3n) is 12.9. The summed E-state index contributed by atoms with van der Waals surface area (Å²) in [5, 5.41) is 19.7. The van der Waals surface area contributed by atoms with Gasteiger partial charge in [-0.2, -0.15) is 49.6 Å². The van der Waals surface area contributed by atoms with E-state index in [9.17, 15) is 80.8 Å². The van der Waals surface area contributed by atoms with Crippen LogP contribution in [0.15, 0.2) is 42.5 Å². The number of carboxylic acids is 1. The zero-order valence-corrected chi connectivity index (χ0v) is 46.8. The number of amides is 4. The molecule has 0 saturated heterocycles. The second-order valence-corrected chi connectivity index (χ2v) is 25.6. The number of carbonyl (C=O) groups excluding carboxylic acids is 3. The summed E-state index contributed by atoms with van der Waals surface area (Å²) >= 11 is 6.69. The summed E-state index contributed by atoms with van der Waals surface area (Å²) in [6.07, 6.45) is -12.9. The van der Waals surface area contributed by atoms with Gasteiger partial charge >= 0.3 is 38.3 Å². The van der Waals surface area contributed by atoms with Crippen molar-refractivity contribution in [3.8, 4) is 23.0 Å². The van der Waals surface area contributed by atoms with Crippen LogP contribution in [0.25, 0.3) is 22.0 Å². The van der Waals surface area contributed by atoms with Gasteiger partial charge in [0.05, 0.1) is 40.3 Å². The number of pyridine rings is 1. The van der Waals surface area contributed by atoms with Crippen molar-refractivity contribution in [2.75, 3.05) is 43.2 Å². The molecule has 1 saturated carbocycles. The Hall–Kier alpha value is -7.09. The van der Waals surface area contributed by atoms with Crippen molar-refractivity contribution in [3.05, 3.63) is 93.0 Å². The molecule has 0 bridgehead atoms. The Balaban J connectivity index is 1.44. The number of anilines is 1. The molecule has 2 aromatic carbocycles. The van der Waals surface area contributed by atoms with Gasteiger partial charge in [0.25, 0.3) is 5.92 Å². The number of alkyl carbamates (subject to hydrolysis) is 1. The average Bonchev–Trinajstić information content (AvgIpc) is 1.53. The number of urea groups is 1. The molecule has 7 rings (SSSR count). The highest BCUT2D eigenvalue weighted by atomic mass is 35.5. The standard InChI is InChI=1S/C47H45ClF10N9O14PS2/c1-44(2,83(3,76)77)11-9-26-5-6-27(37(60-26)32(17-23-15-24(49)18-25(50)16-23)61-33(68)20-65-40-35(39(62-65)47(56,57)58)29-19-30(29)46(40,54)55)28-7-8-31(48)36-38(28)66(21-45(51,52)53)63-41(36)67(84(4,78)79)43(72)64(13-10-34(69)70)14-12-59-42(71)80-22-81-82(73,74)75/h5-8,15-16,18,29-30,32H,10,12-14,17,19-22H2,1-4H3,(H,59,71)(H,61,68)(H,69,70)(H2,73,74,75)/t29-,30+,32?/m0/s1. The predicted octanol–water partition coefficient (Wildman–Crippen LogP) is 6.75. The van der Waals surface area contributed by atoms with Gasteiger partial charge in [-0.05, 0) is 74.4 Å². The molecule has 1 fully saturated rings. The number of hydrogen-bond donors (Lipinski definition) is 5. The molecule has 23 nitrogen and oxygen atoms in total. The minimum Gasteiger partial charge on any atom is -0.481 e. The fourth-order valence-electron chi connectivity index (χ4n) is 8.94. The molecule has 456 valence electrons. The number of fused-ring (bicyclic) bond motifs is 4. The largest absolute Gasteiger partial charge is 0.481 e. The second-order valence-electron chi connectivity index (χ2n) is 19.6. The highest BCUT2D eigenvalue weighted by molar-refractivity contribution is 7.93. The summed E-state index contributed by atoms with van der Waals surface area (Å²) < 4.78 is 219. The number of hydrogen-bond acceptors (Lipinski definition) is 14. The van der Waals surface area contributed by atoms with E-state index in [4.69, 9.17) is 21.4 Å². The van der Waals surface area contributed by atoms with E-state index in [1.54, 1.807) is 0 Å². The number of halogens is 11. The third kappa shape index (κ3) is 14.7. The zero-order chi connectivity index (χ0) is 62.6. The minimum atomic E-state index is -5.29. The fraction of sp³-hybridized carbons (Fsp3) is 0.426. The van der Waals surface area contributed by atoms with E-state index in [1.165, 1.54) is 13.8 Å². The summed E-state index contributed by atoms with van der Waals surface area (Å²) in [5.74, 6) is -8.30. The van der Waals surface area contributed by atoms with Crippen LogP contribution in [0.4, 0.5) is 59.3 Å². The molecule has 3 atom stereocenters. The molecule has 0 radical (unpaired) electrons. The van der Waals surface area contributed by atoms with Gasteiger partial charge in [-0.1, -0.05) is 23.6 Å². The van der Waals surface area contributed by atoms with Gasteiger partial charge < -0.3 is 35.2 Å². The first kappa shape index (κ1) is 64.5. The third-order valence-corrected chi connectivity index (χ3v) is 16.6. The number of alkyl halides is 8. The van der Waals surface area contributed by atoms with E-state index >= 15 is 8.78 Å². The zero-order valence-electron chi connectivity index (χ0n) is 43.5. The lowest BCUT2D eigenvalue weighted by atomic mass is 9.93. The van der Waals surface area contributed by atoms with Gasteiger partial charge in [-0.3, -0.25) is 19.0 Å². The average molecular weight is 1280 g/mol. The minimum absolute atomic E-state index is 0.124. The summed E-state index contributed by atoms with van der Waals surface area (Å²) in [5.41, 5.74) is -6.77. The maximum atomic E-state index is 15.7. The van der Waals surface area contributed by atoms with Crippen LogP contribution in [0.5, 0.6) is 0 Å². The smallest absolute Gasteiger partial charge is 0.472 e. The molecule has 84 heavy (non-hydrogen) atoms. The van der Waals surface area contributed by atoms with Crippen molar-refractivity contribution in [2.45, 2.75) is 81.2 Å². The van der Waals surface area contributed by atoms with Crippen molar-refractivity contribution in [1.82, 2.24) is 40.1 Å². The maximum absolute atomic E-state index is 15.7. The van der Waals surface area contributed by atoms with Crippen LogP contribution >= 0.6 is 19.4 Å². The first-order valence-corrected chi connectivity index (χ1v) is 29.6. The van der Waals surface area contributed by atoms with Crippen LogP contribution in [-0.4, -0.2) is 135 Å². The molecule has 5 aromatic rings. The van der Waals surface area contributed by atoms with Gasteiger partial charge in [-0.25, -0.2) is 49.3 Å². The Labute approximate surface area is 473 Å². The van der Waals surface area contributed by atoms with Gasteiger partial charge in [0.1, 0.15) is 40.9 Å². The Morgan fingerprint density at radius 3 is 2.18 bits per heavy atom. The van der Waals surface area contributed by atoms with Crippen LogP contribution in [0.3, 0.4) is 0 Å². The number of aliphatic carboxylic acids is 1. The molecule has 0 spiro atoms. The monoisotopic (exact) mass is 1280 g/mol. The summed E-state index contributed by atoms with van der Waals surface area (Å²) in [7, 11) is -14.3. The number of sulfone groups is 1. The number of rotatable bonds is 20. The lowest BCUT2D eigenvalue weighted by Gasteiger charge is -2.28. The van der Waals surface area contributed by atoms with E-state index in [2.05, 4.69) is 41.6 Å². The highest BCUT2D eigenvalue weighted by Crippen LogP contribution is 2.68. The van der Waals surface area contributed by atoms with Gasteiger partial charge in [0.15, 0.2) is 21.3 Å². The molecule has 1 unspecified atom stereocenters. The Morgan fingerprint density at radius 2 is 1.60 bits per heavy atom. The van der Waals surface area contributed by atoms with E-state index < -0.39 is 218 Å². The van der Waals surface area contributed by atoms with Crippen molar-refractivity contribution in [1.29, 1.82) is 0 Å². The predicted molar refractivity (Wildman–Crippen MR) is 272 cm³/mol. The number of benzene rings is 2. The Kier molecular flexibility index (Phi) is 18.0. The van der Waals surface area contributed by atoms with E-state index in [1.807, 2.05) is 5.32 Å². The molecular formula is C47H45ClF10N9O14PS2. The Bertz CT molecular complexity index is 3810. The number of phosphoric acid groups is 1. The van der Waals surface area contributed by atoms with Crippen LogP contribution < -0.4 is 14.9 Å². The topological polar surface area (TPSA) is 312 Å². The van der Waals surface area contributed by atoms with Crippen molar-refractivity contribution in [2.24, 2.45) is 5.92 Å². The number of aromatic nitrogens is 5. The number of sulfonamides is 1. The van der Waals surface area contributed by atoms with Crippen LogP contribution in [0.1, 0.15) is 72.6 Å². The van der Waals surface area contributed by atoms with Crippen molar-refractivity contribution in [3.63, 3.8) is 0 Å². The maximum Gasteiger partial charge on any atom is 0.472 e.